The highest BCUT2D eigenvalue weighted by atomic mass is 16.2. The van der Waals surface area contributed by atoms with Gasteiger partial charge in [0.05, 0.1) is 0 Å². The lowest BCUT2D eigenvalue weighted by molar-refractivity contribution is -0.124. The summed E-state index contributed by atoms with van der Waals surface area (Å²) in [6.45, 7) is 6.10. The molecule has 2 aromatic rings. The fourth-order valence-corrected chi connectivity index (χ4v) is 2.18. The van der Waals surface area contributed by atoms with Crippen molar-refractivity contribution in [2.24, 2.45) is 0 Å². The van der Waals surface area contributed by atoms with Crippen molar-refractivity contribution in [2.75, 3.05) is 0 Å². The second-order valence-electron chi connectivity index (χ2n) is 6.17. The maximum atomic E-state index is 12.0. The van der Waals surface area contributed by atoms with Crippen LogP contribution in [0, 0.1) is 0 Å². The van der Waals surface area contributed by atoms with Gasteiger partial charge in [0, 0.05) is 11.6 Å². The highest BCUT2D eigenvalue weighted by Gasteiger charge is 2.27. The summed E-state index contributed by atoms with van der Waals surface area (Å²) in [6.07, 6.45) is 2.13. The Morgan fingerprint density at radius 2 is 1.91 bits per heavy atom. The quantitative estimate of drug-likeness (QED) is 0.919. The van der Waals surface area contributed by atoms with Gasteiger partial charge in [-0.2, -0.15) is 4.80 Å². The zero-order valence-corrected chi connectivity index (χ0v) is 13.2. The van der Waals surface area contributed by atoms with Gasteiger partial charge in [-0.1, -0.05) is 38.1 Å². The monoisotopic (exact) mass is 299 g/mol. The Hall–Kier alpha value is -2.24. The Bertz CT molecular complexity index is 657. The molecule has 0 unspecified atom stereocenters. The van der Waals surface area contributed by atoms with Gasteiger partial charge in [-0.3, -0.25) is 4.79 Å². The van der Waals surface area contributed by atoms with Crippen LogP contribution in [-0.4, -0.2) is 32.2 Å². The van der Waals surface area contributed by atoms with Gasteiger partial charge in [0.1, 0.15) is 6.04 Å². The topological polar surface area (TPSA) is 72.7 Å². The number of hydrogen-bond acceptors (Lipinski definition) is 4. The first-order valence-corrected chi connectivity index (χ1v) is 7.75. The lowest BCUT2D eigenvalue weighted by Crippen LogP contribution is -2.33. The van der Waals surface area contributed by atoms with E-state index in [1.807, 2.05) is 12.1 Å². The largest absolute Gasteiger partial charge is 0.351 e. The van der Waals surface area contributed by atoms with Crippen LogP contribution in [0.3, 0.4) is 0 Å². The minimum atomic E-state index is -0.447. The van der Waals surface area contributed by atoms with Crippen molar-refractivity contribution < 1.29 is 4.79 Å². The molecule has 116 valence electrons. The highest BCUT2D eigenvalue weighted by molar-refractivity contribution is 5.80. The maximum Gasteiger partial charge on any atom is 0.246 e. The van der Waals surface area contributed by atoms with Crippen LogP contribution in [0.2, 0.25) is 0 Å². The van der Waals surface area contributed by atoms with E-state index in [2.05, 4.69) is 46.7 Å². The molecule has 0 bridgehead atoms. The van der Waals surface area contributed by atoms with Gasteiger partial charge < -0.3 is 5.32 Å². The third-order valence-corrected chi connectivity index (χ3v) is 3.91. The molecule has 1 fully saturated rings. The molecule has 1 heterocycles. The number of amides is 1. The second kappa shape index (κ2) is 5.87. The molecule has 1 aliphatic rings. The first kappa shape index (κ1) is 14.7. The fraction of sp³-hybridized carbons (Fsp3) is 0.500. The Balaban J connectivity index is 1.73. The normalized spacial score (nSPS) is 15.8. The lowest BCUT2D eigenvalue weighted by atomic mass is 10.0. The highest BCUT2D eigenvalue weighted by Crippen LogP contribution is 2.21. The molecule has 0 aliphatic heterocycles. The number of carbonyl (C=O) groups is 1. The van der Waals surface area contributed by atoms with Crippen LogP contribution in [0.15, 0.2) is 24.3 Å². The van der Waals surface area contributed by atoms with E-state index in [1.54, 1.807) is 6.92 Å². The molecule has 1 atom stereocenters. The fourth-order valence-electron chi connectivity index (χ4n) is 2.18. The van der Waals surface area contributed by atoms with Crippen LogP contribution in [0.1, 0.15) is 51.1 Å². The molecule has 0 saturated heterocycles. The predicted octanol–water partition coefficient (Wildman–Crippen LogP) is 2.30. The number of hydrogen-bond donors (Lipinski definition) is 1. The van der Waals surface area contributed by atoms with E-state index in [1.165, 1.54) is 10.4 Å². The molecular weight excluding hydrogens is 278 g/mol. The average Bonchev–Trinajstić information content (AvgIpc) is 3.19. The van der Waals surface area contributed by atoms with Crippen LogP contribution in [0.25, 0.3) is 11.4 Å². The van der Waals surface area contributed by atoms with Gasteiger partial charge in [-0.25, -0.2) is 0 Å². The number of benzene rings is 1. The third-order valence-electron chi connectivity index (χ3n) is 3.91. The van der Waals surface area contributed by atoms with Gasteiger partial charge >= 0.3 is 0 Å². The zero-order chi connectivity index (χ0) is 15.7. The zero-order valence-electron chi connectivity index (χ0n) is 13.2. The van der Waals surface area contributed by atoms with E-state index >= 15 is 0 Å². The van der Waals surface area contributed by atoms with Crippen molar-refractivity contribution >= 4 is 5.91 Å². The van der Waals surface area contributed by atoms with E-state index in [4.69, 9.17) is 0 Å². The van der Waals surface area contributed by atoms with Crippen molar-refractivity contribution in [2.45, 2.75) is 51.6 Å². The Kier molecular flexibility index (Phi) is 3.92. The minimum absolute atomic E-state index is 0.0541. The SMILES string of the molecule is CC(C)c1ccc(-c2nnn([C@H](C)C(=O)NC3CC3)n2)cc1. The summed E-state index contributed by atoms with van der Waals surface area (Å²) in [7, 11) is 0. The standard InChI is InChI=1S/C16H21N5O/c1-10(2)12-4-6-13(7-5-12)15-18-20-21(19-15)11(3)16(22)17-14-8-9-14/h4-7,10-11,14H,8-9H2,1-3H3,(H,17,22)/t11-/m1/s1. The van der Waals surface area contributed by atoms with Gasteiger partial charge in [-0.05, 0) is 36.5 Å². The van der Waals surface area contributed by atoms with Crippen molar-refractivity contribution in [3.05, 3.63) is 29.8 Å². The van der Waals surface area contributed by atoms with E-state index in [-0.39, 0.29) is 5.91 Å². The van der Waals surface area contributed by atoms with Gasteiger partial charge in [0.25, 0.3) is 0 Å². The van der Waals surface area contributed by atoms with Crippen LogP contribution in [-0.2, 0) is 4.79 Å². The molecule has 1 saturated carbocycles. The van der Waals surface area contributed by atoms with Gasteiger partial charge in [0.15, 0.2) is 0 Å². The Morgan fingerprint density at radius 1 is 1.23 bits per heavy atom. The summed E-state index contributed by atoms with van der Waals surface area (Å²) >= 11 is 0. The molecule has 1 aromatic carbocycles. The molecule has 0 spiro atoms. The Morgan fingerprint density at radius 3 is 2.50 bits per heavy atom. The molecule has 6 heteroatoms. The molecule has 1 aliphatic carbocycles. The molecule has 0 radical (unpaired) electrons. The molecule has 1 aromatic heterocycles. The van der Waals surface area contributed by atoms with E-state index in [9.17, 15) is 4.79 Å². The van der Waals surface area contributed by atoms with Crippen LogP contribution >= 0.6 is 0 Å². The Labute approximate surface area is 129 Å². The summed E-state index contributed by atoms with van der Waals surface area (Å²) < 4.78 is 0. The first-order chi connectivity index (χ1) is 10.5. The summed E-state index contributed by atoms with van der Waals surface area (Å²) in [5.74, 6) is 0.979. The number of tetrazole rings is 1. The van der Waals surface area contributed by atoms with Crippen molar-refractivity contribution in [1.29, 1.82) is 0 Å². The number of rotatable bonds is 5. The van der Waals surface area contributed by atoms with E-state index in [0.717, 1.165) is 18.4 Å². The number of nitrogens with zero attached hydrogens (tertiary/aromatic N) is 4. The second-order valence-corrected chi connectivity index (χ2v) is 6.17. The van der Waals surface area contributed by atoms with Crippen molar-refractivity contribution in [3.63, 3.8) is 0 Å². The van der Waals surface area contributed by atoms with E-state index < -0.39 is 6.04 Å². The van der Waals surface area contributed by atoms with Crippen LogP contribution in [0.5, 0.6) is 0 Å². The van der Waals surface area contributed by atoms with Gasteiger partial charge in [0.2, 0.25) is 11.7 Å². The van der Waals surface area contributed by atoms with Crippen LogP contribution < -0.4 is 5.32 Å². The summed E-state index contributed by atoms with van der Waals surface area (Å²) in [5, 5.41) is 15.4. The molecular formula is C16H21N5O. The predicted molar refractivity (Wildman–Crippen MR) is 83.2 cm³/mol. The van der Waals surface area contributed by atoms with Crippen LogP contribution in [0.4, 0.5) is 0 Å². The number of aromatic nitrogens is 4. The van der Waals surface area contributed by atoms with Crippen molar-refractivity contribution in [3.8, 4) is 11.4 Å². The lowest BCUT2D eigenvalue weighted by Gasteiger charge is -2.09. The number of nitrogens with one attached hydrogen (secondary N) is 1. The average molecular weight is 299 g/mol. The minimum Gasteiger partial charge on any atom is -0.351 e. The maximum absolute atomic E-state index is 12.0. The van der Waals surface area contributed by atoms with Gasteiger partial charge in [-0.15, -0.1) is 10.2 Å². The van der Waals surface area contributed by atoms with Crippen molar-refractivity contribution in [1.82, 2.24) is 25.5 Å². The summed E-state index contributed by atoms with van der Waals surface area (Å²) in [5.41, 5.74) is 2.18. The molecule has 1 amide bonds. The molecule has 3 rings (SSSR count). The smallest absolute Gasteiger partial charge is 0.246 e. The summed E-state index contributed by atoms with van der Waals surface area (Å²) in [6, 6.07) is 8.02. The summed E-state index contributed by atoms with van der Waals surface area (Å²) in [4.78, 5) is 13.4. The third kappa shape index (κ3) is 3.16. The first-order valence-electron chi connectivity index (χ1n) is 7.75. The molecule has 22 heavy (non-hydrogen) atoms. The van der Waals surface area contributed by atoms with E-state index in [0.29, 0.717) is 17.8 Å². The molecule has 6 nitrogen and oxygen atoms in total. The molecule has 1 N–H and O–H groups in total. The number of carbonyl (C=O) groups excluding carboxylic acids is 1.